The van der Waals surface area contributed by atoms with Gasteiger partial charge in [0.15, 0.2) is 5.78 Å². The molecular weight excluding hydrogens is 429 g/mol. The maximum Gasteiger partial charge on any atom is 0.416 e. The van der Waals surface area contributed by atoms with Gasteiger partial charge in [0.1, 0.15) is 12.4 Å². The molecule has 0 radical (unpaired) electrons. The first-order valence-electron chi connectivity index (χ1n) is 10.3. The van der Waals surface area contributed by atoms with Gasteiger partial charge in [0, 0.05) is 18.8 Å². The SMILES string of the molecule is O=C(O)CCCC=CC[C@@H]1C(=CC[C@@H](O)COc2cccc(C(F)(F)F)c2)C(=O)C[C@@H]1O. The van der Waals surface area contributed by atoms with Gasteiger partial charge in [0.05, 0.1) is 17.8 Å². The van der Waals surface area contributed by atoms with Crippen molar-refractivity contribution in [2.45, 2.75) is 56.9 Å². The van der Waals surface area contributed by atoms with E-state index < -0.39 is 35.8 Å². The molecule has 0 spiro atoms. The minimum atomic E-state index is -4.49. The summed E-state index contributed by atoms with van der Waals surface area (Å²) in [5.41, 5.74) is -0.443. The van der Waals surface area contributed by atoms with Crippen LogP contribution in [0.1, 0.15) is 44.1 Å². The van der Waals surface area contributed by atoms with Crippen molar-refractivity contribution in [3.8, 4) is 5.75 Å². The summed E-state index contributed by atoms with van der Waals surface area (Å²) in [6.07, 6.45) is 0.364. The monoisotopic (exact) mass is 456 g/mol. The van der Waals surface area contributed by atoms with Crippen molar-refractivity contribution in [3.05, 3.63) is 53.6 Å². The van der Waals surface area contributed by atoms with Gasteiger partial charge in [-0.05, 0) is 49.5 Å². The van der Waals surface area contributed by atoms with Crippen LogP contribution >= 0.6 is 0 Å². The highest BCUT2D eigenvalue weighted by molar-refractivity contribution is 5.98. The van der Waals surface area contributed by atoms with E-state index in [9.17, 15) is 33.0 Å². The molecule has 0 aliphatic heterocycles. The second-order valence-electron chi connectivity index (χ2n) is 7.68. The molecule has 1 aromatic carbocycles. The molecule has 9 heteroatoms. The van der Waals surface area contributed by atoms with E-state index >= 15 is 0 Å². The van der Waals surface area contributed by atoms with E-state index in [1.807, 2.05) is 6.08 Å². The first-order valence-corrected chi connectivity index (χ1v) is 10.3. The number of Topliss-reactive ketones (excluding diaryl/α,β-unsaturated/α-hetero) is 1. The van der Waals surface area contributed by atoms with Gasteiger partial charge in [0.25, 0.3) is 0 Å². The number of ether oxygens (including phenoxy) is 1. The van der Waals surface area contributed by atoms with Crippen LogP contribution in [-0.4, -0.2) is 45.9 Å². The van der Waals surface area contributed by atoms with Gasteiger partial charge >= 0.3 is 12.1 Å². The molecule has 0 unspecified atom stereocenters. The van der Waals surface area contributed by atoms with E-state index in [0.29, 0.717) is 24.8 Å². The lowest BCUT2D eigenvalue weighted by molar-refractivity contribution is -0.138. The van der Waals surface area contributed by atoms with Crippen LogP contribution in [0.5, 0.6) is 5.75 Å². The van der Waals surface area contributed by atoms with E-state index in [1.165, 1.54) is 12.1 Å². The van der Waals surface area contributed by atoms with Crippen molar-refractivity contribution < 1.29 is 42.8 Å². The highest BCUT2D eigenvalue weighted by Crippen LogP contribution is 2.33. The second-order valence-corrected chi connectivity index (χ2v) is 7.68. The standard InChI is InChI=1S/C23H27F3O6/c24-23(25,26)15-6-5-7-17(12-15)32-14-16(27)10-11-19-18(20(28)13-21(19)29)8-3-1-2-4-9-22(30)31/h1,3,5-7,11-12,16,18,20,27-28H,2,4,8-10,13-14H2,(H,30,31)/t16-,18-,20+/m1/s1. The van der Waals surface area contributed by atoms with Crippen molar-refractivity contribution in [1.29, 1.82) is 0 Å². The largest absolute Gasteiger partial charge is 0.491 e. The van der Waals surface area contributed by atoms with Crippen LogP contribution in [0.25, 0.3) is 0 Å². The van der Waals surface area contributed by atoms with E-state index in [0.717, 1.165) is 12.1 Å². The number of hydrogen-bond acceptors (Lipinski definition) is 5. The van der Waals surface area contributed by atoms with Crippen molar-refractivity contribution in [2.24, 2.45) is 5.92 Å². The minimum absolute atomic E-state index is 0.0137. The number of ketones is 1. The smallest absolute Gasteiger partial charge is 0.416 e. The van der Waals surface area contributed by atoms with E-state index in [4.69, 9.17) is 9.84 Å². The van der Waals surface area contributed by atoms with Crippen LogP contribution in [0.4, 0.5) is 13.2 Å². The summed E-state index contributed by atoms with van der Waals surface area (Å²) in [6.45, 7) is -0.254. The summed E-state index contributed by atoms with van der Waals surface area (Å²) in [7, 11) is 0. The number of benzene rings is 1. The summed E-state index contributed by atoms with van der Waals surface area (Å²) in [5.74, 6) is -1.52. The van der Waals surface area contributed by atoms with Gasteiger partial charge in [-0.15, -0.1) is 0 Å². The molecule has 0 aromatic heterocycles. The molecule has 3 atom stereocenters. The van der Waals surface area contributed by atoms with Crippen LogP contribution in [0.3, 0.4) is 0 Å². The molecule has 0 heterocycles. The van der Waals surface area contributed by atoms with Crippen LogP contribution in [-0.2, 0) is 15.8 Å². The summed E-state index contributed by atoms with van der Waals surface area (Å²) in [5, 5.41) is 28.9. The number of unbranched alkanes of at least 4 members (excludes halogenated alkanes) is 1. The molecule has 3 N–H and O–H groups in total. The first kappa shape index (κ1) is 25.6. The molecule has 1 aliphatic rings. The minimum Gasteiger partial charge on any atom is -0.491 e. The molecule has 6 nitrogen and oxygen atoms in total. The van der Waals surface area contributed by atoms with Gasteiger partial charge in [-0.25, -0.2) is 0 Å². The summed E-state index contributed by atoms with van der Waals surface area (Å²) in [6, 6.07) is 4.34. The molecule has 1 saturated carbocycles. The number of carboxylic acids is 1. The Hall–Kier alpha value is -2.65. The molecule has 176 valence electrons. The number of halogens is 3. The zero-order chi connectivity index (χ0) is 23.7. The predicted molar refractivity (Wildman–Crippen MR) is 110 cm³/mol. The van der Waals surface area contributed by atoms with Gasteiger partial charge in [-0.1, -0.05) is 24.3 Å². The van der Waals surface area contributed by atoms with Gasteiger partial charge in [-0.3, -0.25) is 9.59 Å². The quantitative estimate of drug-likeness (QED) is 0.265. The zero-order valence-electron chi connectivity index (χ0n) is 17.4. The molecular formula is C23H27F3O6. The van der Waals surface area contributed by atoms with Gasteiger partial charge in [-0.2, -0.15) is 13.2 Å². The zero-order valence-corrected chi connectivity index (χ0v) is 17.4. The molecule has 0 bridgehead atoms. The number of aliphatic carboxylic acids is 1. The van der Waals surface area contributed by atoms with Crippen molar-refractivity contribution in [2.75, 3.05) is 6.61 Å². The van der Waals surface area contributed by atoms with Crippen LogP contribution < -0.4 is 4.74 Å². The Morgan fingerprint density at radius 3 is 2.72 bits per heavy atom. The second kappa shape index (κ2) is 11.8. The summed E-state index contributed by atoms with van der Waals surface area (Å²) in [4.78, 5) is 22.7. The lowest BCUT2D eigenvalue weighted by atomic mass is 9.95. The van der Waals surface area contributed by atoms with Crippen LogP contribution in [0.15, 0.2) is 48.1 Å². The Balaban J connectivity index is 1.88. The number of aliphatic hydroxyl groups is 2. The van der Waals surface area contributed by atoms with E-state index in [-0.39, 0.29) is 37.4 Å². The molecule has 0 amide bonds. The molecule has 1 aliphatic carbocycles. The number of carbonyl (C=O) groups is 2. The average Bonchev–Trinajstić information content (AvgIpc) is 2.99. The number of aliphatic hydroxyl groups excluding tert-OH is 2. The first-order chi connectivity index (χ1) is 15.1. The molecule has 1 aromatic rings. The number of carboxylic acid groups (broad SMARTS) is 1. The van der Waals surface area contributed by atoms with Crippen molar-refractivity contribution in [3.63, 3.8) is 0 Å². The third-order valence-corrected chi connectivity index (χ3v) is 5.11. The number of carbonyl (C=O) groups excluding carboxylic acids is 1. The average molecular weight is 456 g/mol. The normalized spacial score (nSPS) is 21.4. The Bertz CT molecular complexity index is 846. The highest BCUT2D eigenvalue weighted by Gasteiger charge is 2.35. The Morgan fingerprint density at radius 2 is 2.03 bits per heavy atom. The molecule has 0 saturated heterocycles. The number of rotatable bonds is 11. The number of allylic oxidation sites excluding steroid dienone is 2. The fourth-order valence-corrected chi connectivity index (χ4v) is 3.43. The van der Waals surface area contributed by atoms with E-state index in [2.05, 4.69) is 0 Å². The van der Waals surface area contributed by atoms with Crippen LogP contribution in [0, 0.1) is 5.92 Å². The van der Waals surface area contributed by atoms with Crippen LogP contribution in [0.2, 0.25) is 0 Å². The van der Waals surface area contributed by atoms with E-state index in [1.54, 1.807) is 12.2 Å². The Morgan fingerprint density at radius 1 is 1.28 bits per heavy atom. The third kappa shape index (κ3) is 8.12. The summed E-state index contributed by atoms with van der Waals surface area (Å²) >= 11 is 0. The third-order valence-electron chi connectivity index (χ3n) is 5.11. The highest BCUT2D eigenvalue weighted by atomic mass is 19.4. The van der Waals surface area contributed by atoms with Gasteiger partial charge < -0.3 is 20.1 Å². The molecule has 1 fully saturated rings. The Labute approximate surface area is 184 Å². The number of hydrogen-bond donors (Lipinski definition) is 3. The fourth-order valence-electron chi connectivity index (χ4n) is 3.43. The fraction of sp³-hybridized carbons (Fsp3) is 0.478. The maximum absolute atomic E-state index is 12.8. The topological polar surface area (TPSA) is 104 Å². The summed E-state index contributed by atoms with van der Waals surface area (Å²) < 4.78 is 43.5. The van der Waals surface area contributed by atoms with Crippen molar-refractivity contribution >= 4 is 11.8 Å². The van der Waals surface area contributed by atoms with Gasteiger partial charge in [0.2, 0.25) is 0 Å². The predicted octanol–water partition coefficient (Wildman–Crippen LogP) is 3.91. The number of alkyl halides is 3. The molecule has 2 rings (SSSR count). The molecule has 32 heavy (non-hydrogen) atoms. The maximum atomic E-state index is 12.8. The lowest BCUT2D eigenvalue weighted by Crippen LogP contribution is -2.18. The van der Waals surface area contributed by atoms with Crippen molar-refractivity contribution in [1.82, 2.24) is 0 Å². The lowest BCUT2D eigenvalue weighted by Gasteiger charge is -2.15. The Kier molecular flexibility index (Phi) is 9.46.